The van der Waals surface area contributed by atoms with E-state index in [0.717, 1.165) is 11.5 Å². The van der Waals surface area contributed by atoms with Crippen LogP contribution in [0.2, 0.25) is 0 Å². The molecule has 6 heteroatoms. The molecule has 1 fully saturated rings. The van der Waals surface area contributed by atoms with Crippen LogP contribution in [0.3, 0.4) is 0 Å². The third-order valence-electron chi connectivity index (χ3n) is 3.43. The summed E-state index contributed by atoms with van der Waals surface area (Å²) in [5.74, 6) is 0.884. The predicted molar refractivity (Wildman–Crippen MR) is 77.5 cm³/mol. The second-order valence-electron chi connectivity index (χ2n) is 5.11. The number of carbonyl (C=O) groups is 2. The zero-order valence-corrected chi connectivity index (χ0v) is 12.7. The SMILES string of the molecule is CCSCC(C)NC(=O)N1CCC(C(=O)O)CC1C. The molecule has 1 heterocycles. The fourth-order valence-corrected chi connectivity index (χ4v) is 3.00. The molecule has 0 aromatic heterocycles. The molecule has 1 aliphatic heterocycles. The zero-order valence-electron chi connectivity index (χ0n) is 11.9. The number of hydrogen-bond donors (Lipinski definition) is 2. The number of urea groups is 1. The molecule has 0 saturated carbocycles. The second-order valence-corrected chi connectivity index (χ2v) is 6.43. The molecule has 19 heavy (non-hydrogen) atoms. The minimum Gasteiger partial charge on any atom is -0.481 e. The number of piperidine rings is 1. The van der Waals surface area contributed by atoms with Crippen LogP contribution in [-0.4, -0.2) is 52.1 Å². The van der Waals surface area contributed by atoms with Crippen molar-refractivity contribution < 1.29 is 14.7 Å². The smallest absolute Gasteiger partial charge is 0.317 e. The van der Waals surface area contributed by atoms with Gasteiger partial charge < -0.3 is 15.3 Å². The van der Waals surface area contributed by atoms with E-state index in [1.54, 1.807) is 16.7 Å². The van der Waals surface area contributed by atoms with Gasteiger partial charge >= 0.3 is 12.0 Å². The minimum atomic E-state index is -0.750. The number of amides is 2. The zero-order chi connectivity index (χ0) is 14.4. The molecule has 0 aromatic carbocycles. The number of carbonyl (C=O) groups excluding carboxylic acids is 1. The molecule has 1 rings (SSSR count). The molecule has 2 amide bonds. The van der Waals surface area contributed by atoms with Crippen LogP contribution in [0.15, 0.2) is 0 Å². The number of carboxylic acids is 1. The average Bonchev–Trinajstić information content (AvgIpc) is 2.35. The second kappa shape index (κ2) is 7.62. The molecule has 3 unspecified atom stereocenters. The molecule has 5 nitrogen and oxygen atoms in total. The van der Waals surface area contributed by atoms with E-state index >= 15 is 0 Å². The average molecular weight is 288 g/mol. The number of nitrogens with zero attached hydrogens (tertiary/aromatic N) is 1. The Kier molecular flexibility index (Phi) is 6.48. The quantitative estimate of drug-likeness (QED) is 0.812. The summed E-state index contributed by atoms with van der Waals surface area (Å²) in [6.45, 7) is 6.53. The lowest BCUT2D eigenvalue weighted by atomic mass is 9.92. The Bertz CT molecular complexity index is 325. The summed E-state index contributed by atoms with van der Waals surface area (Å²) in [5, 5.41) is 12.0. The van der Waals surface area contributed by atoms with Gasteiger partial charge in [0.1, 0.15) is 0 Å². The summed E-state index contributed by atoms with van der Waals surface area (Å²) in [4.78, 5) is 24.8. The summed E-state index contributed by atoms with van der Waals surface area (Å²) < 4.78 is 0. The molecule has 2 N–H and O–H groups in total. The van der Waals surface area contributed by atoms with Crippen molar-refractivity contribution in [3.8, 4) is 0 Å². The Labute approximate surface area is 119 Å². The van der Waals surface area contributed by atoms with Crippen LogP contribution in [0.5, 0.6) is 0 Å². The largest absolute Gasteiger partial charge is 0.481 e. The van der Waals surface area contributed by atoms with Crippen molar-refractivity contribution in [2.75, 3.05) is 18.1 Å². The van der Waals surface area contributed by atoms with Crippen LogP contribution in [0.25, 0.3) is 0 Å². The lowest BCUT2D eigenvalue weighted by Crippen LogP contribution is -2.52. The number of likely N-dealkylation sites (tertiary alicyclic amines) is 1. The van der Waals surface area contributed by atoms with Crippen LogP contribution in [0.4, 0.5) is 4.79 Å². The van der Waals surface area contributed by atoms with Crippen LogP contribution in [-0.2, 0) is 4.79 Å². The minimum absolute atomic E-state index is 0.0131. The Morgan fingerprint density at radius 3 is 2.74 bits per heavy atom. The van der Waals surface area contributed by atoms with E-state index < -0.39 is 5.97 Å². The van der Waals surface area contributed by atoms with Gasteiger partial charge in [0, 0.05) is 24.4 Å². The van der Waals surface area contributed by atoms with Gasteiger partial charge in [0.25, 0.3) is 0 Å². The highest BCUT2D eigenvalue weighted by Crippen LogP contribution is 2.23. The molecule has 0 spiro atoms. The van der Waals surface area contributed by atoms with Gasteiger partial charge in [0.2, 0.25) is 0 Å². The van der Waals surface area contributed by atoms with Gasteiger partial charge in [-0.2, -0.15) is 11.8 Å². The summed E-state index contributed by atoms with van der Waals surface area (Å²) in [5.41, 5.74) is 0. The van der Waals surface area contributed by atoms with E-state index in [4.69, 9.17) is 5.11 Å². The monoisotopic (exact) mass is 288 g/mol. The standard InChI is InChI=1S/C13H24N2O3S/c1-4-19-8-9(2)14-13(18)15-6-5-11(12(16)17)7-10(15)3/h9-11H,4-8H2,1-3H3,(H,14,18)(H,16,17). The molecule has 110 valence electrons. The van der Waals surface area contributed by atoms with Crippen LogP contribution >= 0.6 is 11.8 Å². The van der Waals surface area contributed by atoms with Crippen molar-refractivity contribution in [1.82, 2.24) is 10.2 Å². The van der Waals surface area contributed by atoms with Gasteiger partial charge in [-0.25, -0.2) is 4.79 Å². The van der Waals surface area contributed by atoms with Gasteiger partial charge in [-0.15, -0.1) is 0 Å². The fourth-order valence-electron chi connectivity index (χ4n) is 2.33. The Morgan fingerprint density at radius 1 is 1.53 bits per heavy atom. The number of aliphatic carboxylic acids is 1. The molecular formula is C13H24N2O3S. The van der Waals surface area contributed by atoms with Gasteiger partial charge in [-0.05, 0) is 32.4 Å². The number of rotatable bonds is 5. The highest BCUT2D eigenvalue weighted by molar-refractivity contribution is 7.99. The maximum absolute atomic E-state index is 12.1. The first-order valence-electron chi connectivity index (χ1n) is 6.83. The third-order valence-corrected chi connectivity index (χ3v) is 4.57. The normalized spacial score (nSPS) is 24.9. The van der Waals surface area contributed by atoms with Crippen LogP contribution in [0.1, 0.15) is 33.6 Å². The van der Waals surface area contributed by atoms with E-state index in [1.807, 2.05) is 13.8 Å². The summed E-state index contributed by atoms with van der Waals surface area (Å²) in [7, 11) is 0. The van der Waals surface area contributed by atoms with Gasteiger partial charge in [0.05, 0.1) is 5.92 Å². The summed E-state index contributed by atoms with van der Waals surface area (Å²) in [6.07, 6.45) is 1.09. The van der Waals surface area contributed by atoms with Gasteiger partial charge in [-0.3, -0.25) is 4.79 Å². The van der Waals surface area contributed by atoms with Crippen LogP contribution in [0, 0.1) is 5.92 Å². The Hall–Kier alpha value is -0.910. The van der Waals surface area contributed by atoms with Crippen LogP contribution < -0.4 is 5.32 Å². The Morgan fingerprint density at radius 2 is 2.21 bits per heavy atom. The number of nitrogens with one attached hydrogen (secondary N) is 1. The van der Waals surface area contributed by atoms with Crippen molar-refractivity contribution in [1.29, 1.82) is 0 Å². The van der Waals surface area contributed by atoms with Gasteiger partial charge in [0.15, 0.2) is 0 Å². The predicted octanol–water partition coefficient (Wildman–Crippen LogP) is 2.02. The molecule has 0 radical (unpaired) electrons. The lowest BCUT2D eigenvalue weighted by Gasteiger charge is -2.36. The highest BCUT2D eigenvalue weighted by Gasteiger charge is 2.32. The third kappa shape index (κ3) is 4.93. The number of hydrogen-bond acceptors (Lipinski definition) is 3. The van der Waals surface area contributed by atoms with E-state index in [9.17, 15) is 9.59 Å². The molecule has 1 saturated heterocycles. The molecule has 1 aliphatic rings. The highest BCUT2D eigenvalue weighted by atomic mass is 32.2. The van der Waals surface area contributed by atoms with E-state index in [1.165, 1.54) is 0 Å². The number of thioether (sulfide) groups is 1. The topological polar surface area (TPSA) is 69.6 Å². The van der Waals surface area contributed by atoms with Crippen molar-refractivity contribution >= 4 is 23.8 Å². The van der Waals surface area contributed by atoms with E-state index in [2.05, 4.69) is 12.2 Å². The van der Waals surface area contributed by atoms with Crippen molar-refractivity contribution in [2.45, 2.75) is 45.7 Å². The maximum Gasteiger partial charge on any atom is 0.317 e. The first-order valence-corrected chi connectivity index (χ1v) is 7.98. The van der Waals surface area contributed by atoms with E-state index in [-0.39, 0.29) is 24.0 Å². The maximum atomic E-state index is 12.1. The van der Waals surface area contributed by atoms with E-state index in [0.29, 0.717) is 19.4 Å². The Balaban J connectivity index is 2.43. The summed E-state index contributed by atoms with van der Waals surface area (Å²) in [6, 6.07) is 0.0586. The summed E-state index contributed by atoms with van der Waals surface area (Å²) >= 11 is 1.80. The molecule has 0 aromatic rings. The van der Waals surface area contributed by atoms with Gasteiger partial charge in [-0.1, -0.05) is 6.92 Å². The molecule has 0 aliphatic carbocycles. The van der Waals surface area contributed by atoms with Crippen molar-refractivity contribution in [2.24, 2.45) is 5.92 Å². The van der Waals surface area contributed by atoms with Crippen molar-refractivity contribution in [3.05, 3.63) is 0 Å². The number of carboxylic acid groups (broad SMARTS) is 1. The first kappa shape index (κ1) is 16.1. The van der Waals surface area contributed by atoms with Crippen molar-refractivity contribution in [3.63, 3.8) is 0 Å². The molecule has 0 bridgehead atoms. The molecule has 3 atom stereocenters. The first-order chi connectivity index (χ1) is 8.95. The molecular weight excluding hydrogens is 264 g/mol. The fraction of sp³-hybridized carbons (Fsp3) is 0.846. The lowest BCUT2D eigenvalue weighted by molar-refractivity contribution is -0.143.